The Morgan fingerprint density at radius 1 is 1.20 bits per heavy atom. The zero-order valence-corrected chi connectivity index (χ0v) is 15.3. The second kappa shape index (κ2) is 7.38. The summed E-state index contributed by atoms with van der Waals surface area (Å²) in [6, 6.07) is 11.5. The maximum atomic E-state index is 5.91. The maximum Gasteiger partial charge on any atom is 0.210 e. The third-order valence-electron chi connectivity index (χ3n) is 3.39. The van der Waals surface area contributed by atoms with Crippen molar-refractivity contribution in [3.63, 3.8) is 0 Å². The summed E-state index contributed by atoms with van der Waals surface area (Å²) in [4.78, 5) is 5.53. The molecule has 0 amide bonds. The number of rotatable bonds is 6. The molecule has 4 aromatic rings. The highest BCUT2D eigenvalue weighted by molar-refractivity contribution is 7.98. The van der Waals surface area contributed by atoms with E-state index in [9.17, 15) is 0 Å². The van der Waals surface area contributed by atoms with E-state index in [1.807, 2.05) is 35.7 Å². The Bertz CT molecular complexity index is 949. The van der Waals surface area contributed by atoms with E-state index >= 15 is 0 Å². The fraction of sp³-hybridized carbons (Fsp3) is 0.125. The van der Waals surface area contributed by atoms with Gasteiger partial charge in [0.05, 0.1) is 18.5 Å². The molecule has 25 heavy (non-hydrogen) atoms. The molecular weight excluding hydrogens is 378 g/mol. The first-order valence-electron chi connectivity index (χ1n) is 7.40. The van der Waals surface area contributed by atoms with Gasteiger partial charge in [0.25, 0.3) is 0 Å². The number of hydrogen-bond acceptors (Lipinski definition) is 7. The lowest BCUT2D eigenvalue weighted by Crippen LogP contribution is -2.02. The summed E-state index contributed by atoms with van der Waals surface area (Å²) in [5.41, 5.74) is 0.940. The SMILES string of the molecule is Clc1ccc(-c2cnc(CSc3nnnn3Cc3cccs3)o2)cc1. The van der Waals surface area contributed by atoms with Crippen LogP contribution in [0.15, 0.2) is 57.5 Å². The van der Waals surface area contributed by atoms with Gasteiger partial charge in [-0.25, -0.2) is 9.67 Å². The average molecular weight is 390 g/mol. The van der Waals surface area contributed by atoms with Crippen LogP contribution >= 0.6 is 34.7 Å². The number of nitrogens with zero attached hydrogens (tertiary/aromatic N) is 5. The van der Waals surface area contributed by atoms with Crippen molar-refractivity contribution in [3.8, 4) is 11.3 Å². The lowest BCUT2D eigenvalue weighted by Gasteiger charge is -2.01. The quantitative estimate of drug-likeness (QED) is 0.456. The van der Waals surface area contributed by atoms with Crippen molar-refractivity contribution in [3.05, 3.63) is 63.8 Å². The minimum absolute atomic E-state index is 0.554. The predicted molar refractivity (Wildman–Crippen MR) is 97.7 cm³/mol. The van der Waals surface area contributed by atoms with Crippen LogP contribution in [0.1, 0.15) is 10.8 Å². The highest BCUT2D eigenvalue weighted by Gasteiger charge is 2.12. The normalized spacial score (nSPS) is 11.1. The number of oxazole rings is 1. The molecule has 9 heteroatoms. The van der Waals surface area contributed by atoms with Crippen LogP contribution in [0.2, 0.25) is 5.02 Å². The molecule has 0 aliphatic rings. The minimum atomic E-state index is 0.554. The van der Waals surface area contributed by atoms with E-state index in [2.05, 4.69) is 26.6 Å². The average Bonchev–Trinajstić information content (AvgIpc) is 3.36. The zero-order valence-electron chi connectivity index (χ0n) is 12.9. The third-order valence-corrected chi connectivity index (χ3v) is 5.45. The van der Waals surface area contributed by atoms with Gasteiger partial charge in [0.15, 0.2) is 5.76 Å². The largest absolute Gasteiger partial charge is 0.440 e. The lowest BCUT2D eigenvalue weighted by molar-refractivity contribution is 0.529. The Morgan fingerprint density at radius 3 is 2.88 bits per heavy atom. The standard InChI is InChI=1S/C16H12ClN5OS2/c17-12-5-3-11(4-6-12)14-8-18-15(23-14)10-25-16-19-20-21-22(16)9-13-2-1-7-24-13/h1-8H,9-10H2. The fourth-order valence-corrected chi connectivity index (χ4v) is 3.74. The lowest BCUT2D eigenvalue weighted by atomic mass is 10.2. The summed E-state index contributed by atoms with van der Waals surface area (Å²) in [7, 11) is 0. The molecule has 0 saturated carbocycles. The van der Waals surface area contributed by atoms with Crippen LogP contribution in [0.25, 0.3) is 11.3 Å². The second-order valence-electron chi connectivity index (χ2n) is 5.11. The van der Waals surface area contributed by atoms with Gasteiger partial charge in [-0.3, -0.25) is 0 Å². The topological polar surface area (TPSA) is 69.6 Å². The van der Waals surface area contributed by atoms with Crippen molar-refractivity contribution in [1.29, 1.82) is 0 Å². The van der Waals surface area contributed by atoms with Gasteiger partial charge in [0.2, 0.25) is 11.0 Å². The molecule has 0 bridgehead atoms. The molecule has 1 aromatic carbocycles. The Morgan fingerprint density at radius 2 is 2.08 bits per heavy atom. The number of tetrazole rings is 1. The third kappa shape index (κ3) is 3.92. The number of aromatic nitrogens is 5. The molecule has 6 nitrogen and oxygen atoms in total. The van der Waals surface area contributed by atoms with E-state index in [1.54, 1.807) is 22.2 Å². The van der Waals surface area contributed by atoms with Crippen molar-refractivity contribution in [2.24, 2.45) is 0 Å². The van der Waals surface area contributed by atoms with Crippen LogP contribution in [0, 0.1) is 0 Å². The number of thiophene rings is 1. The van der Waals surface area contributed by atoms with Gasteiger partial charge in [-0.2, -0.15) is 0 Å². The first-order chi connectivity index (χ1) is 12.3. The summed E-state index contributed by atoms with van der Waals surface area (Å²) in [5, 5.41) is 15.3. The summed E-state index contributed by atoms with van der Waals surface area (Å²) in [6.07, 6.45) is 1.72. The molecule has 0 N–H and O–H groups in total. The van der Waals surface area contributed by atoms with Crippen LogP contribution in [0.5, 0.6) is 0 Å². The molecule has 0 aliphatic heterocycles. The van der Waals surface area contributed by atoms with E-state index in [4.69, 9.17) is 16.0 Å². The molecule has 3 aromatic heterocycles. The number of thioether (sulfide) groups is 1. The number of halogens is 1. The molecule has 0 unspecified atom stereocenters. The van der Waals surface area contributed by atoms with E-state index in [0.717, 1.165) is 10.7 Å². The van der Waals surface area contributed by atoms with Crippen molar-refractivity contribution in [2.45, 2.75) is 17.5 Å². The van der Waals surface area contributed by atoms with Gasteiger partial charge in [-0.05, 0) is 46.1 Å². The summed E-state index contributed by atoms with van der Waals surface area (Å²) in [5.74, 6) is 1.89. The zero-order chi connectivity index (χ0) is 17.1. The van der Waals surface area contributed by atoms with Gasteiger partial charge in [-0.15, -0.1) is 16.4 Å². The molecule has 126 valence electrons. The van der Waals surface area contributed by atoms with Crippen molar-refractivity contribution >= 4 is 34.7 Å². The summed E-state index contributed by atoms with van der Waals surface area (Å²) >= 11 is 9.08. The highest BCUT2D eigenvalue weighted by Crippen LogP contribution is 2.26. The minimum Gasteiger partial charge on any atom is -0.440 e. The van der Waals surface area contributed by atoms with Crippen LogP contribution < -0.4 is 0 Å². The Kier molecular flexibility index (Phi) is 4.82. The Labute approximate surface area is 156 Å². The highest BCUT2D eigenvalue weighted by atomic mass is 35.5. The summed E-state index contributed by atoms with van der Waals surface area (Å²) < 4.78 is 7.58. The van der Waals surface area contributed by atoms with Gasteiger partial charge in [-0.1, -0.05) is 29.4 Å². The van der Waals surface area contributed by atoms with E-state index in [-0.39, 0.29) is 0 Å². The van der Waals surface area contributed by atoms with E-state index in [0.29, 0.717) is 29.0 Å². The Balaban J connectivity index is 1.42. The molecule has 0 radical (unpaired) electrons. The van der Waals surface area contributed by atoms with Gasteiger partial charge < -0.3 is 4.42 Å². The molecule has 0 saturated heterocycles. The molecule has 0 aliphatic carbocycles. The predicted octanol–water partition coefficient (Wildman–Crippen LogP) is 4.38. The van der Waals surface area contributed by atoms with E-state index in [1.165, 1.54) is 16.6 Å². The first-order valence-corrected chi connectivity index (χ1v) is 9.64. The smallest absolute Gasteiger partial charge is 0.210 e. The van der Waals surface area contributed by atoms with Crippen LogP contribution in [-0.2, 0) is 12.3 Å². The monoisotopic (exact) mass is 389 g/mol. The van der Waals surface area contributed by atoms with Crippen molar-refractivity contribution in [2.75, 3.05) is 0 Å². The Hall–Kier alpha value is -2.16. The molecule has 4 rings (SSSR count). The van der Waals surface area contributed by atoms with Crippen LogP contribution in [0.3, 0.4) is 0 Å². The number of hydrogen-bond donors (Lipinski definition) is 0. The van der Waals surface area contributed by atoms with Crippen LogP contribution in [-0.4, -0.2) is 25.2 Å². The van der Waals surface area contributed by atoms with E-state index < -0.39 is 0 Å². The van der Waals surface area contributed by atoms with Gasteiger partial charge in [0.1, 0.15) is 0 Å². The summed E-state index contributed by atoms with van der Waals surface area (Å²) in [6.45, 7) is 0.661. The molecule has 0 fully saturated rings. The first kappa shape index (κ1) is 16.3. The number of benzene rings is 1. The second-order valence-corrected chi connectivity index (χ2v) is 7.52. The molecule has 3 heterocycles. The molecule has 0 spiro atoms. The van der Waals surface area contributed by atoms with Crippen LogP contribution in [0.4, 0.5) is 0 Å². The molecular formula is C16H12ClN5OS2. The van der Waals surface area contributed by atoms with Gasteiger partial charge in [0, 0.05) is 15.5 Å². The van der Waals surface area contributed by atoms with Crippen molar-refractivity contribution < 1.29 is 4.42 Å². The maximum absolute atomic E-state index is 5.91. The van der Waals surface area contributed by atoms with Crippen molar-refractivity contribution in [1.82, 2.24) is 25.2 Å². The molecule has 0 atom stereocenters. The fourth-order valence-electron chi connectivity index (χ4n) is 2.20. The van der Waals surface area contributed by atoms with Gasteiger partial charge >= 0.3 is 0 Å².